The minimum absolute atomic E-state index is 0.0701. The van der Waals surface area contributed by atoms with Crippen LogP contribution in [0.5, 0.6) is 0 Å². The molecular formula is C14H19N3O. The number of aryl methyl sites for hydroxylation is 1. The van der Waals surface area contributed by atoms with E-state index in [0.29, 0.717) is 6.42 Å². The molecule has 18 heavy (non-hydrogen) atoms. The number of ketones is 1. The van der Waals surface area contributed by atoms with Crippen molar-refractivity contribution in [3.05, 3.63) is 30.0 Å². The lowest BCUT2D eigenvalue weighted by Gasteiger charge is -2.07. The minimum Gasteiger partial charge on any atom is -0.321 e. The van der Waals surface area contributed by atoms with Crippen LogP contribution in [0.3, 0.4) is 0 Å². The molecule has 2 aromatic rings. The molecule has 2 N–H and O–H groups in total. The maximum atomic E-state index is 12.0. The van der Waals surface area contributed by atoms with Crippen LogP contribution in [0, 0.1) is 0 Å². The van der Waals surface area contributed by atoms with Gasteiger partial charge in [-0.25, -0.2) is 0 Å². The summed E-state index contributed by atoms with van der Waals surface area (Å²) in [6.45, 7) is 2.03. The summed E-state index contributed by atoms with van der Waals surface area (Å²) in [7, 11) is 1.89. The Balaban J connectivity index is 2.24. The van der Waals surface area contributed by atoms with Gasteiger partial charge < -0.3 is 5.73 Å². The lowest BCUT2D eigenvalue weighted by atomic mass is 10.0. The van der Waals surface area contributed by atoms with Crippen LogP contribution in [-0.4, -0.2) is 21.6 Å². The Hall–Kier alpha value is -1.68. The van der Waals surface area contributed by atoms with Gasteiger partial charge in [0.25, 0.3) is 0 Å². The zero-order valence-corrected chi connectivity index (χ0v) is 10.9. The molecule has 1 heterocycles. The van der Waals surface area contributed by atoms with Gasteiger partial charge >= 0.3 is 0 Å². The molecule has 1 aromatic heterocycles. The molecule has 2 rings (SSSR count). The SMILES string of the molecule is CCCC(N)C(=O)Cc1nn(C)c2ccccc12. The predicted molar refractivity (Wildman–Crippen MR) is 72.3 cm³/mol. The maximum absolute atomic E-state index is 12.0. The highest BCUT2D eigenvalue weighted by Crippen LogP contribution is 2.18. The average molecular weight is 245 g/mol. The molecule has 0 fully saturated rings. The first-order chi connectivity index (χ1) is 8.63. The molecule has 1 atom stereocenters. The number of nitrogens with zero attached hydrogens (tertiary/aromatic N) is 2. The molecule has 4 heteroatoms. The van der Waals surface area contributed by atoms with Gasteiger partial charge in [0.2, 0.25) is 0 Å². The summed E-state index contributed by atoms with van der Waals surface area (Å²) in [6.07, 6.45) is 1.99. The molecule has 0 amide bonds. The third-order valence-corrected chi connectivity index (χ3v) is 3.19. The van der Waals surface area contributed by atoms with Crippen molar-refractivity contribution in [3.63, 3.8) is 0 Å². The van der Waals surface area contributed by atoms with E-state index in [1.807, 2.05) is 42.9 Å². The number of fused-ring (bicyclic) bond motifs is 1. The van der Waals surface area contributed by atoms with Gasteiger partial charge in [0, 0.05) is 12.4 Å². The molecule has 0 spiro atoms. The van der Waals surface area contributed by atoms with Gasteiger partial charge in [-0.1, -0.05) is 31.5 Å². The van der Waals surface area contributed by atoms with E-state index in [-0.39, 0.29) is 11.8 Å². The third kappa shape index (κ3) is 2.43. The second-order valence-corrected chi connectivity index (χ2v) is 4.63. The highest BCUT2D eigenvalue weighted by molar-refractivity contribution is 5.90. The van der Waals surface area contributed by atoms with Crippen molar-refractivity contribution >= 4 is 16.7 Å². The van der Waals surface area contributed by atoms with E-state index in [1.165, 1.54) is 0 Å². The van der Waals surface area contributed by atoms with Crippen LogP contribution < -0.4 is 5.73 Å². The van der Waals surface area contributed by atoms with Gasteiger partial charge in [0.05, 0.1) is 23.7 Å². The smallest absolute Gasteiger partial charge is 0.155 e. The first-order valence-corrected chi connectivity index (χ1v) is 6.32. The van der Waals surface area contributed by atoms with E-state index < -0.39 is 0 Å². The fourth-order valence-corrected chi connectivity index (χ4v) is 2.19. The summed E-state index contributed by atoms with van der Waals surface area (Å²) >= 11 is 0. The van der Waals surface area contributed by atoms with E-state index in [9.17, 15) is 4.79 Å². The maximum Gasteiger partial charge on any atom is 0.155 e. The Morgan fingerprint density at radius 2 is 2.17 bits per heavy atom. The molecule has 4 nitrogen and oxygen atoms in total. The van der Waals surface area contributed by atoms with Gasteiger partial charge in [0.1, 0.15) is 0 Å². The van der Waals surface area contributed by atoms with Crippen molar-refractivity contribution in [1.29, 1.82) is 0 Å². The van der Waals surface area contributed by atoms with Gasteiger partial charge in [-0.3, -0.25) is 9.48 Å². The number of nitrogens with two attached hydrogens (primary N) is 1. The number of Topliss-reactive ketones (excluding diaryl/α,β-unsaturated/α-hetero) is 1. The van der Waals surface area contributed by atoms with Gasteiger partial charge in [-0.2, -0.15) is 5.10 Å². The second-order valence-electron chi connectivity index (χ2n) is 4.63. The van der Waals surface area contributed by atoms with Crippen molar-refractivity contribution in [2.75, 3.05) is 0 Å². The molecule has 0 aliphatic carbocycles. The van der Waals surface area contributed by atoms with Crippen LogP contribution in [0.25, 0.3) is 10.9 Å². The Kier molecular flexibility index (Phi) is 3.77. The highest BCUT2D eigenvalue weighted by Gasteiger charge is 2.16. The summed E-state index contributed by atoms with van der Waals surface area (Å²) in [5.74, 6) is 0.0701. The van der Waals surface area contributed by atoms with Crippen molar-refractivity contribution in [1.82, 2.24) is 9.78 Å². The summed E-state index contributed by atoms with van der Waals surface area (Å²) in [4.78, 5) is 12.0. The Bertz CT molecular complexity index is 559. The number of rotatable bonds is 5. The topological polar surface area (TPSA) is 60.9 Å². The van der Waals surface area contributed by atoms with E-state index >= 15 is 0 Å². The molecule has 0 aliphatic heterocycles. The predicted octanol–water partition coefficient (Wildman–Crippen LogP) is 1.81. The van der Waals surface area contributed by atoms with Gasteiger partial charge in [0.15, 0.2) is 5.78 Å². The monoisotopic (exact) mass is 245 g/mol. The van der Waals surface area contributed by atoms with Crippen molar-refractivity contribution in [2.24, 2.45) is 12.8 Å². The largest absolute Gasteiger partial charge is 0.321 e. The van der Waals surface area contributed by atoms with Gasteiger partial charge in [-0.05, 0) is 12.5 Å². The Morgan fingerprint density at radius 3 is 2.89 bits per heavy atom. The van der Waals surface area contributed by atoms with Crippen molar-refractivity contribution in [2.45, 2.75) is 32.2 Å². The fraction of sp³-hybridized carbons (Fsp3) is 0.429. The Labute approximate surface area is 107 Å². The van der Waals surface area contributed by atoms with Crippen LogP contribution in [0.1, 0.15) is 25.5 Å². The second kappa shape index (κ2) is 5.31. The molecule has 0 aliphatic rings. The number of hydrogen-bond donors (Lipinski definition) is 1. The summed E-state index contributed by atoms with van der Waals surface area (Å²) in [5.41, 5.74) is 7.71. The lowest BCUT2D eigenvalue weighted by Crippen LogP contribution is -2.31. The highest BCUT2D eigenvalue weighted by atomic mass is 16.1. The van der Waals surface area contributed by atoms with Crippen LogP contribution in [0.15, 0.2) is 24.3 Å². The lowest BCUT2D eigenvalue weighted by molar-refractivity contribution is -0.119. The number of carbonyl (C=O) groups is 1. The third-order valence-electron chi connectivity index (χ3n) is 3.19. The van der Waals surface area contributed by atoms with Crippen LogP contribution >= 0.6 is 0 Å². The first-order valence-electron chi connectivity index (χ1n) is 6.32. The van der Waals surface area contributed by atoms with Crippen LogP contribution in [-0.2, 0) is 18.3 Å². The van der Waals surface area contributed by atoms with Crippen molar-refractivity contribution in [3.8, 4) is 0 Å². The average Bonchev–Trinajstić information content (AvgIpc) is 2.67. The number of aromatic nitrogens is 2. The molecule has 1 aromatic carbocycles. The van der Waals surface area contributed by atoms with Crippen LogP contribution in [0.4, 0.5) is 0 Å². The van der Waals surface area contributed by atoms with Crippen molar-refractivity contribution < 1.29 is 4.79 Å². The molecule has 96 valence electrons. The summed E-state index contributed by atoms with van der Waals surface area (Å²) in [5, 5.41) is 5.45. The number of para-hydroxylation sites is 1. The van der Waals surface area contributed by atoms with E-state index in [2.05, 4.69) is 5.10 Å². The van der Waals surface area contributed by atoms with Gasteiger partial charge in [-0.15, -0.1) is 0 Å². The van der Waals surface area contributed by atoms with E-state index in [0.717, 1.165) is 29.4 Å². The molecule has 0 radical (unpaired) electrons. The minimum atomic E-state index is -0.365. The quantitative estimate of drug-likeness (QED) is 0.874. The molecular weight excluding hydrogens is 226 g/mol. The summed E-state index contributed by atoms with van der Waals surface area (Å²) < 4.78 is 1.81. The first kappa shape index (κ1) is 12.8. The molecule has 0 saturated carbocycles. The summed E-state index contributed by atoms with van der Waals surface area (Å²) in [6, 6.07) is 7.57. The van der Waals surface area contributed by atoms with E-state index in [1.54, 1.807) is 0 Å². The zero-order valence-electron chi connectivity index (χ0n) is 10.9. The van der Waals surface area contributed by atoms with Crippen LogP contribution in [0.2, 0.25) is 0 Å². The Morgan fingerprint density at radius 1 is 1.44 bits per heavy atom. The zero-order chi connectivity index (χ0) is 13.1. The number of benzene rings is 1. The molecule has 1 unspecified atom stereocenters. The number of carbonyl (C=O) groups excluding carboxylic acids is 1. The molecule has 0 saturated heterocycles. The van der Waals surface area contributed by atoms with E-state index in [4.69, 9.17) is 5.73 Å². The molecule has 0 bridgehead atoms. The normalized spacial score (nSPS) is 12.8. The fourth-order valence-electron chi connectivity index (χ4n) is 2.19. The standard InChI is InChI=1S/C14H19N3O/c1-3-6-11(15)14(18)9-12-10-7-4-5-8-13(10)17(2)16-12/h4-5,7-8,11H,3,6,9,15H2,1-2H3. The number of hydrogen-bond acceptors (Lipinski definition) is 3.